The van der Waals surface area contributed by atoms with Crippen LogP contribution in [0, 0.1) is 0 Å². The van der Waals surface area contributed by atoms with Crippen LogP contribution in [-0.4, -0.2) is 24.1 Å². The molecule has 0 unspecified atom stereocenters. The maximum Gasteiger partial charge on any atom is 0.157 e. The van der Waals surface area contributed by atoms with Crippen molar-refractivity contribution in [3.8, 4) is 0 Å². The molecule has 0 radical (unpaired) electrons. The number of carbonyl (C=O) groups excluding carboxylic acids is 1. The SMILES string of the molecule is CN1C=C(C=O)SC1. The number of hydrogen-bond donors (Lipinski definition) is 0. The molecule has 0 amide bonds. The fraction of sp³-hybridized carbons (Fsp3) is 0.400. The van der Waals surface area contributed by atoms with Gasteiger partial charge in [-0.05, 0) is 0 Å². The minimum absolute atomic E-state index is 0.826. The van der Waals surface area contributed by atoms with Gasteiger partial charge in [0.15, 0.2) is 6.29 Å². The summed E-state index contributed by atoms with van der Waals surface area (Å²) in [4.78, 5) is 12.8. The molecule has 0 aromatic heterocycles. The summed E-state index contributed by atoms with van der Waals surface area (Å²) in [6, 6.07) is 0. The molecule has 44 valence electrons. The van der Waals surface area contributed by atoms with E-state index in [0.717, 1.165) is 17.1 Å². The Hall–Kier alpha value is -0.440. The lowest BCUT2D eigenvalue weighted by molar-refractivity contribution is -0.104. The zero-order valence-electron chi connectivity index (χ0n) is 4.63. The van der Waals surface area contributed by atoms with Crippen LogP contribution in [0.1, 0.15) is 0 Å². The Kier molecular flexibility index (Phi) is 1.58. The summed E-state index contributed by atoms with van der Waals surface area (Å²) in [6.07, 6.45) is 2.73. The highest BCUT2D eigenvalue weighted by Crippen LogP contribution is 2.20. The van der Waals surface area contributed by atoms with Crippen LogP contribution in [0.4, 0.5) is 0 Å². The van der Waals surface area contributed by atoms with Gasteiger partial charge in [0.1, 0.15) is 0 Å². The minimum atomic E-state index is 0.826. The maximum absolute atomic E-state index is 10.0. The lowest BCUT2D eigenvalue weighted by Gasteiger charge is -2.01. The number of hydrogen-bond acceptors (Lipinski definition) is 3. The summed E-state index contributed by atoms with van der Waals surface area (Å²) in [5, 5.41) is 0. The molecule has 1 rings (SSSR count). The third-order valence-corrected chi connectivity index (χ3v) is 1.97. The van der Waals surface area contributed by atoms with Crippen LogP contribution in [-0.2, 0) is 4.79 Å². The molecule has 0 saturated carbocycles. The van der Waals surface area contributed by atoms with Crippen molar-refractivity contribution in [2.24, 2.45) is 0 Å². The van der Waals surface area contributed by atoms with Crippen molar-refractivity contribution in [2.45, 2.75) is 0 Å². The number of aldehydes is 1. The van der Waals surface area contributed by atoms with Crippen molar-refractivity contribution in [3.63, 3.8) is 0 Å². The van der Waals surface area contributed by atoms with Crippen LogP contribution >= 0.6 is 11.8 Å². The Bertz CT molecular complexity index is 132. The summed E-state index contributed by atoms with van der Waals surface area (Å²) >= 11 is 1.57. The van der Waals surface area contributed by atoms with E-state index >= 15 is 0 Å². The molecular formula is C5H7NOS. The van der Waals surface area contributed by atoms with Gasteiger partial charge in [-0.2, -0.15) is 0 Å². The maximum atomic E-state index is 10.0. The van der Waals surface area contributed by atoms with Gasteiger partial charge < -0.3 is 4.90 Å². The lowest BCUT2D eigenvalue weighted by atomic mass is 10.6. The van der Waals surface area contributed by atoms with Gasteiger partial charge in [0, 0.05) is 13.2 Å². The fourth-order valence-corrected chi connectivity index (χ4v) is 1.28. The second-order valence-corrected chi connectivity index (χ2v) is 2.70. The highest BCUT2D eigenvalue weighted by Gasteiger charge is 2.06. The van der Waals surface area contributed by atoms with Gasteiger partial charge in [0.05, 0.1) is 10.8 Å². The molecule has 0 atom stereocenters. The predicted molar refractivity (Wildman–Crippen MR) is 34.4 cm³/mol. The number of allylic oxidation sites excluding steroid dienone is 1. The molecule has 0 aromatic carbocycles. The largest absolute Gasteiger partial charge is 0.370 e. The summed E-state index contributed by atoms with van der Waals surface area (Å²) in [5.74, 6) is 0.911. The van der Waals surface area contributed by atoms with Crippen LogP contribution in [0.25, 0.3) is 0 Å². The molecule has 1 heterocycles. The Morgan fingerprint density at radius 3 is 3.00 bits per heavy atom. The Morgan fingerprint density at radius 2 is 2.75 bits per heavy atom. The van der Waals surface area contributed by atoms with Gasteiger partial charge in [0.25, 0.3) is 0 Å². The first-order valence-corrected chi connectivity index (χ1v) is 3.31. The van der Waals surface area contributed by atoms with Crippen molar-refractivity contribution in [1.82, 2.24) is 4.90 Å². The third-order valence-electron chi connectivity index (χ3n) is 0.899. The van der Waals surface area contributed by atoms with Gasteiger partial charge in [-0.3, -0.25) is 4.79 Å². The van der Waals surface area contributed by atoms with Crippen LogP contribution in [0.5, 0.6) is 0 Å². The highest BCUT2D eigenvalue weighted by molar-refractivity contribution is 8.04. The molecule has 8 heavy (non-hydrogen) atoms. The van der Waals surface area contributed by atoms with E-state index in [-0.39, 0.29) is 0 Å². The van der Waals surface area contributed by atoms with Gasteiger partial charge in [-0.1, -0.05) is 11.8 Å². The smallest absolute Gasteiger partial charge is 0.157 e. The third kappa shape index (κ3) is 1.04. The number of carbonyl (C=O) groups is 1. The summed E-state index contributed by atoms with van der Waals surface area (Å²) in [5.41, 5.74) is 0. The highest BCUT2D eigenvalue weighted by atomic mass is 32.2. The van der Waals surface area contributed by atoms with Crippen molar-refractivity contribution in [3.05, 3.63) is 11.1 Å². The molecule has 0 saturated heterocycles. The van der Waals surface area contributed by atoms with Gasteiger partial charge in [-0.25, -0.2) is 0 Å². The molecule has 3 heteroatoms. The minimum Gasteiger partial charge on any atom is -0.370 e. The van der Waals surface area contributed by atoms with Crippen molar-refractivity contribution >= 4 is 18.0 Å². The topological polar surface area (TPSA) is 20.3 Å². The Morgan fingerprint density at radius 1 is 2.00 bits per heavy atom. The molecule has 2 nitrogen and oxygen atoms in total. The molecule has 0 fully saturated rings. The Balaban J connectivity index is 2.56. The van der Waals surface area contributed by atoms with Crippen LogP contribution in [0.3, 0.4) is 0 Å². The molecule has 0 aromatic rings. The molecule has 1 aliphatic rings. The number of thioether (sulfide) groups is 1. The Labute approximate surface area is 52.5 Å². The van der Waals surface area contributed by atoms with E-state index in [9.17, 15) is 4.79 Å². The first kappa shape index (κ1) is 5.69. The molecular weight excluding hydrogens is 122 g/mol. The van der Waals surface area contributed by atoms with Gasteiger partial charge >= 0.3 is 0 Å². The van der Waals surface area contributed by atoms with Crippen LogP contribution < -0.4 is 0 Å². The molecule has 0 N–H and O–H groups in total. The van der Waals surface area contributed by atoms with E-state index in [1.165, 1.54) is 0 Å². The van der Waals surface area contributed by atoms with Gasteiger partial charge in [0.2, 0.25) is 0 Å². The average Bonchev–Trinajstić information content (AvgIpc) is 2.14. The average molecular weight is 129 g/mol. The van der Waals surface area contributed by atoms with E-state index in [1.54, 1.807) is 11.8 Å². The van der Waals surface area contributed by atoms with E-state index in [2.05, 4.69) is 0 Å². The van der Waals surface area contributed by atoms with E-state index in [1.807, 2.05) is 18.1 Å². The first-order valence-electron chi connectivity index (χ1n) is 2.33. The zero-order valence-corrected chi connectivity index (χ0v) is 5.44. The predicted octanol–water partition coefficient (Wildman–Crippen LogP) is 0.663. The second-order valence-electron chi connectivity index (χ2n) is 1.68. The first-order chi connectivity index (χ1) is 3.83. The van der Waals surface area contributed by atoms with Crippen LogP contribution in [0.2, 0.25) is 0 Å². The monoisotopic (exact) mass is 129 g/mol. The zero-order chi connectivity index (χ0) is 5.98. The van der Waals surface area contributed by atoms with Gasteiger partial charge in [-0.15, -0.1) is 0 Å². The quantitative estimate of drug-likeness (QED) is 0.485. The fourth-order valence-electron chi connectivity index (χ4n) is 0.533. The summed E-state index contributed by atoms with van der Waals surface area (Å²) in [6.45, 7) is 0. The van der Waals surface area contributed by atoms with E-state index in [0.29, 0.717) is 0 Å². The number of nitrogens with zero attached hydrogens (tertiary/aromatic N) is 1. The normalized spacial score (nSPS) is 18.6. The van der Waals surface area contributed by atoms with E-state index < -0.39 is 0 Å². The molecule has 0 aliphatic carbocycles. The van der Waals surface area contributed by atoms with E-state index in [4.69, 9.17) is 0 Å². The standard InChI is InChI=1S/C5H7NOS/c1-6-2-5(3-7)8-4-6/h2-3H,4H2,1H3. The van der Waals surface area contributed by atoms with Crippen molar-refractivity contribution < 1.29 is 4.79 Å². The van der Waals surface area contributed by atoms with Crippen LogP contribution in [0.15, 0.2) is 11.1 Å². The van der Waals surface area contributed by atoms with Crippen molar-refractivity contribution in [2.75, 3.05) is 12.9 Å². The lowest BCUT2D eigenvalue weighted by Crippen LogP contribution is -2.02. The second kappa shape index (κ2) is 2.22. The summed E-state index contributed by atoms with van der Waals surface area (Å²) < 4.78 is 0. The molecule has 0 bridgehead atoms. The summed E-state index contributed by atoms with van der Waals surface area (Å²) in [7, 11) is 1.95. The van der Waals surface area contributed by atoms with Crippen molar-refractivity contribution in [1.29, 1.82) is 0 Å². The number of rotatable bonds is 1. The molecule has 0 spiro atoms. The molecule has 1 aliphatic heterocycles.